The quantitative estimate of drug-likeness (QED) is 0.308. The molecule has 0 aromatic heterocycles. The fraction of sp³-hybridized carbons (Fsp3) is 1.00. The summed E-state index contributed by atoms with van der Waals surface area (Å²) in [5.41, 5.74) is 0. The lowest BCUT2D eigenvalue weighted by Crippen LogP contribution is -1.71. The Kier molecular flexibility index (Phi) is 3.98. The standard InChI is InChI=1S/CH5N5O/c1-7-6-5-4-3-2/h1H3,(H2,2,4,6). The van der Waals surface area contributed by atoms with Gasteiger partial charge in [-0.05, 0) is 5.22 Å². The molecule has 0 bridgehead atoms. The number of hydrogen-bond donors (Lipinski definition) is 1. The molecule has 0 unspecified atom stereocenters. The Balaban J connectivity index is 3.09. The van der Waals surface area contributed by atoms with Crippen molar-refractivity contribution < 1.29 is 4.84 Å². The van der Waals surface area contributed by atoms with Gasteiger partial charge in [0.2, 0.25) is 0 Å². The van der Waals surface area contributed by atoms with E-state index in [0.29, 0.717) is 0 Å². The summed E-state index contributed by atoms with van der Waals surface area (Å²) in [6, 6.07) is 0. The van der Waals surface area contributed by atoms with Crippen LogP contribution in [0.1, 0.15) is 0 Å². The van der Waals surface area contributed by atoms with Gasteiger partial charge in [0.1, 0.15) is 7.11 Å². The third kappa shape index (κ3) is 4.80. The Bertz CT molecular complexity index is 76.1. The van der Waals surface area contributed by atoms with Crippen LogP contribution < -0.4 is 5.84 Å². The fourth-order valence-electron chi connectivity index (χ4n) is 0.0759. The summed E-state index contributed by atoms with van der Waals surface area (Å²) in [6.07, 6.45) is 0. The minimum atomic E-state index is 1.34. The first-order valence-electron chi connectivity index (χ1n) is 1.45. The molecule has 0 heterocycles. The first-order valence-corrected chi connectivity index (χ1v) is 1.45. The van der Waals surface area contributed by atoms with Gasteiger partial charge in [-0.1, -0.05) is 5.22 Å². The molecule has 0 spiro atoms. The van der Waals surface area contributed by atoms with Crippen molar-refractivity contribution in [3.05, 3.63) is 0 Å². The molecule has 0 aliphatic carbocycles. The summed E-state index contributed by atoms with van der Waals surface area (Å²) in [7, 11) is 1.34. The Labute approximate surface area is 40.0 Å². The number of nitrogens with two attached hydrogens (primary N) is 1. The summed E-state index contributed by atoms with van der Waals surface area (Å²) < 4.78 is 0. The zero-order valence-electron chi connectivity index (χ0n) is 3.77. The van der Waals surface area contributed by atoms with E-state index in [9.17, 15) is 0 Å². The van der Waals surface area contributed by atoms with Gasteiger partial charge in [-0.25, -0.2) is 0 Å². The molecular weight excluding hydrogens is 98.0 g/mol. The van der Waals surface area contributed by atoms with Crippen LogP contribution >= 0.6 is 0 Å². The largest absolute Gasteiger partial charge is 0.381 e. The van der Waals surface area contributed by atoms with Gasteiger partial charge >= 0.3 is 0 Å². The molecular formula is CH5N5O. The van der Waals surface area contributed by atoms with Crippen molar-refractivity contribution in [1.82, 2.24) is 0 Å². The van der Waals surface area contributed by atoms with Gasteiger partial charge in [-0.15, -0.1) is 0 Å². The molecule has 0 saturated heterocycles. The highest BCUT2D eigenvalue weighted by Crippen LogP contribution is 1.73. The van der Waals surface area contributed by atoms with Crippen LogP contribution in [0.2, 0.25) is 0 Å². The monoisotopic (exact) mass is 103 g/mol. The lowest BCUT2D eigenvalue weighted by atomic mass is 11.7. The number of nitrogens with zero attached hydrogens (tertiary/aromatic N) is 4. The highest BCUT2D eigenvalue weighted by atomic mass is 16.6. The molecule has 7 heavy (non-hydrogen) atoms. The zero-order chi connectivity index (χ0) is 5.54. The van der Waals surface area contributed by atoms with Gasteiger partial charge in [0.05, 0.1) is 0 Å². The van der Waals surface area contributed by atoms with E-state index in [2.05, 4.69) is 31.6 Å². The molecule has 0 rings (SSSR count). The molecule has 40 valence electrons. The van der Waals surface area contributed by atoms with E-state index < -0.39 is 0 Å². The lowest BCUT2D eigenvalue weighted by molar-refractivity contribution is 0.185. The van der Waals surface area contributed by atoms with Crippen LogP contribution in [0.4, 0.5) is 0 Å². The van der Waals surface area contributed by atoms with Crippen LogP contribution in [-0.2, 0) is 4.84 Å². The second-order valence-corrected chi connectivity index (χ2v) is 0.559. The highest BCUT2D eigenvalue weighted by molar-refractivity contribution is 3.95. The molecule has 0 fully saturated rings. The zero-order valence-corrected chi connectivity index (χ0v) is 3.77. The second kappa shape index (κ2) is 4.80. The van der Waals surface area contributed by atoms with Gasteiger partial charge in [-0.2, -0.15) is 0 Å². The molecule has 0 radical (unpaired) electrons. The summed E-state index contributed by atoms with van der Waals surface area (Å²) in [5, 5.41) is 11.5. The maximum atomic E-state index is 4.52. The fourth-order valence-corrected chi connectivity index (χ4v) is 0.0759. The van der Waals surface area contributed by atoms with E-state index in [0.717, 1.165) is 0 Å². The van der Waals surface area contributed by atoms with Crippen LogP contribution in [0.5, 0.6) is 0 Å². The van der Waals surface area contributed by atoms with Crippen LogP contribution in [0, 0.1) is 0 Å². The van der Waals surface area contributed by atoms with E-state index in [1.165, 1.54) is 7.11 Å². The molecule has 0 atom stereocenters. The minimum Gasteiger partial charge on any atom is -0.381 e. The van der Waals surface area contributed by atoms with E-state index in [-0.39, 0.29) is 0 Å². The number of rotatable bonds is 2. The van der Waals surface area contributed by atoms with Gasteiger partial charge < -0.3 is 10.7 Å². The third-order valence-electron chi connectivity index (χ3n) is 0.210. The average molecular weight is 103 g/mol. The van der Waals surface area contributed by atoms with E-state index >= 15 is 0 Å². The second-order valence-electron chi connectivity index (χ2n) is 0.559. The predicted molar refractivity (Wildman–Crippen MR) is 20.9 cm³/mol. The third-order valence-corrected chi connectivity index (χ3v) is 0.210. The molecule has 0 aromatic carbocycles. The average Bonchev–Trinajstić information content (AvgIpc) is 1.69. The first-order chi connectivity index (χ1) is 3.41. The van der Waals surface area contributed by atoms with Crippen LogP contribution in [-0.4, -0.2) is 7.11 Å². The van der Waals surface area contributed by atoms with E-state index in [4.69, 9.17) is 0 Å². The van der Waals surface area contributed by atoms with Crippen LogP contribution in [0.15, 0.2) is 20.9 Å². The van der Waals surface area contributed by atoms with E-state index in [1.54, 1.807) is 0 Å². The smallest absolute Gasteiger partial charge is 0.108 e. The Hall–Kier alpha value is -1.20. The Morgan fingerprint density at radius 2 is 2.14 bits per heavy atom. The molecule has 0 aliphatic heterocycles. The lowest BCUT2D eigenvalue weighted by Gasteiger charge is -1.73. The van der Waals surface area contributed by atoms with Crippen molar-refractivity contribution in [3.8, 4) is 0 Å². The van der Waals surface area contributed by atoms with Gasteiger partial charge in [0, 0.05) is 10.5 Å². The molecule has 0 aromatic rings. The van der Waals surface area contributed by atoms with Crippen molar-refractivity contribution in [1.29, 1.82) is 0 Å². The maximum Gasteiger partial charge on any atom is 0.108 e. The molecule has 0 saturated carbocycles. The van der Waals surface area contributed by atoms with Gasteiger partial charge in [0.15, 0.2) is 0 Å². The molecule has 6 heteroatoms. The summed E-state index contributed by atoms with van der Waals surface area (Å²) in [5.74, 6) is 4.52. The molecule has 2 N–H and O–H groups in total. The number of hydrogen-bond acceptors (Lipinski definition) is 3. The van der Waals surface area contributed by atoms with Crippen LogP contribution in [0.3, 0.4) is 0 Å². The highest BCUT2D eigenvalue weighted by Gasteiger charge is 1.58. The van der Waals surface area contributed by atoms with Crippen molar-refractivity contribution >= 4 is 0 Å². The van der Waals surface area contributed by atoms with Crippen molar-refractivity contribution in [2.45, 2.75) is 0 Å². The van der Waals surface area contributed by atoms with E-state index in [1.807, 2.05) is 0 Å². The normalized spacial score (nSPS) is 11.0. The van der Waals surface area contributed by atoms with Crippen molar-refractivity contribution in [3.63, 3.8) is 0 Å². The Morgan fingerprint density at radius 3 is 2.57 bits per heavy atom. The van der Waals surface area contributed by atoms with Crippen LogP contribution in [0.25, 0.3) is 0 Å². The minimum absolute atomic E-state index is 1.34. The topological polar surface area (TPSA) is 84.7 Å². The molecule has 0 aliphatic rings. The van der Waals surface area contributed by atoms with Gasteiger partial charge in [0.25, 0.3) is 0 Å². The van der Waals surface area contributed by atoms with Gasteiger partial charge in [-0.3, -0.25) is 0 Å². The Morgan fingerprint density at radius 1 is 1.43 bits per heavy atom. The SMILES string of the molecule is CON=NN=NN. The summed E-state index contributed by atoms with van der Waals surface area (Å²) >= 11 is 0. The van der Waals surface area contributed by atoms with Crippen molar-refractivity contribution in [2.24, 2.45) is 26.8 Å². The summed E-state index contributed by atoms with van der Waals surface area (Å²) in [4.78, 5) is 4.09. The summed E-state index contributed by atoms with van der Waals surface area (Å²) in [6.45, 7) is 0. The first kappa shape index (κ1) is 5.80. The molecule has 6 nitrogen and oxygen atoms in total. The molecule has 0 amide bonds. The van der Waals surface area contributed by atoms with Crippen molar-refractivity contribution in [2.75, 3.05) is 7.11 Å². The maximum absolute atomic E-state index is 4.52. The predicted octanol–water partition coefficient (Wildman–Crippen LogP) is 0.241.